The highest BCUT2D eigenvalue weighted by Crippen LogP contribution is 2.23. The van der Waals surface area contributed by atoms with E-state index in [9.17, 15) is 0 Å². The smallest absolute Gasteiger partial charge is 0.0445 e. The van der Waals surface area contributed by atoms with E-state index in [1.165, 1.54) is 30.5 Å². The third-order valence-electron chi connectivity index (χ3n) is 3.93. The largest absolute Gasteiger partial charge is 0.368 e. The number of anilines is 1. The zero-order chi connectivity index (χ0) is 15.7. The third-order valence-corrected chi connectivity index (χ3v) is 3.93. The van der Waals surface area contributed by atoms with Crippen LogP contribution in [0.15, 0.2) is 18.5 Å². The van der Waals surface area contributed by atoms with Gasteiger partial charge in [0.1, 0.15) is 0 Å². The third kappa shape index (κ3) is 6.04. The van der Waals surface area contributed by atoms with Crippen molar-refractivity contribution < 1.29 is 0 Å². The lowest BCUT2D eigenvalue weighted by molar-refractivity contribution is 0.548. The summed E-state index contributed by atoms with van der Waals surface area (Å²) in [6.45, 7) is 14.4. The Labute approximate surface area is 131 Å². The van der Waals surface area contributed by atoms with Gasteiger partial charge in [-0.25, -0.2) is 0 Å². The van der Waals surface area contributed by atoms with Crippen molar-refractivity contribution in [2.24, 2.45) is 5.92 Å². The Bertz CT molecular complexity index is 390. The summed E-state index contributed by atoms with van der Waals surface area (Å²) in [6, 6.07) is 2.75. The minimum Gasteiger partial charge on any atom is -0.368 e. The number of hydrogen-bond donors (Lipinski definition) is 1. The average molecular weight is 291 g/mol. The molecule has 0 saturated heterocycles. The molecule has 0 aliphatic carbocycles. The molecule has 0 aliphatic rings. The van der Waals surface area contributed by atoms with E-state index in [0.717, 1.165) is 19.6 Å². The van der Waals surface area contributed by atoms with E-state index in [2.05, 4.69) is 55.9 Å². The molecule has 0 saturated carbocycles. The van der Waals surface area contributed by atoms with Gasteiger partial charge in [-0.05, 0) is 38.3 Å². The van der Waals surface area contributed by atoms with Crippen LogP contribution in [0, 0.1) is 5.92 Å². The number of aromatic nitrogens is 1. The minimum absolute atomic E-state index is 0.572. The van der Waals surface area contributed by atoms with Crippen LogP contribution in [0.25, 0.3) is 0 Å². The van der Waals surface area contributed by atoms with Gasteiger partial charge in [-0.2, -0.15) is 0 Å². The summed E-state index contributed by atoms with van der Waals surface area (Å²) < 4.78 is 0. The first-order valence-corrected chi connectivity index (χ1v) is 8.50. The summed E-state index contributed by atoms with van der Waals surface area (Å²) in [4.78, 5) is 6.88. The monoisotopic (exact) mass is 291 g/mol. The molecule has 0 spiro atoms. The molecule has 1 rings (SSSR count). The molecule has 0 bridgehead atoms. The van der Waals surface area contributed by atoms with Crippen LogP contribution < -0.4 is 10.2 Å². The number of unbranched alkanes of at least 4 members (excludes halogenated alkanes) is 1. The van der Waals surface area contributed by atoms with Crippen molar-refractivity contribution in [1.29, 1.82) is 0 Å². The van der Waals surface area contributed by atoms with Crippen molar-refractivity contribution in [2.75, 3.05) is 18.0 Å². The van der Waals surface area contributed by atoms with Crippen molar-refractivity contribution in [1.82, 2.24) is 10.3 Å². The van der Waals surface area contributed by atoms with Crippen LogP contribution in [-0.4, -0.2) is 24.1 Å². The van der Waals surface area contributed by atoms with E-state index in [4.69, 9.17) is 0 Å². The van der Waals surface area contributed by atoms with Gasteiger partial charge in [0.25, 0.3) is 0 Å². The van der Waals surface area contributed by atoms with Gasteiger partial charge in [0.15, 0.2) is 0 Å². The van der Waals surface area contributed by atoms with Gasteiger partial charge in [-0.1, -0.05) is 34.1 Å². The molecule has 0 amide bonds. The lowest BCUT2D eigenvalue weighted by Gasteiger charge is -2.32. The Morgan fingerprint density at radius 1 is 1.24 bits per heavy atom. The van der Waals surface area contributed by atoms with Gasteiger partial charge >= 0.3 is 0 Å². The first kappa shape index (κ1) is 18.0. The van der Waals surface area contributed by atoms with E-state index < -0.39 is 0 Å². The van der Waals surface area contributed by atoms with Crippen LogP contribution in [-0.2, 0) is 6.54 Å². The molecule has 1 aromatic rings. The molecule has 1 unspecified atom stereocenters. The highest BCUT2D eigenvalue weighted by molar-refractivity contribution is 5.53. The van der Waals surface area contributed by atoms with Crippen LogP contribution in [0.2, 0.25) is 0 Å². The molecule has 0 fully saturated rings. The molecule has 3 heteroatoms. The number of nitrogens with one attached hydrogen (secondary N) is 1. The summed E-state index contributed by atoms with van der Waals surface area (Å²) in [7, 11) is 0. The van der Waals surface area contributed by atoms with Crippen LogP contribution in [0.3, 0.4) is 0 Å². The van der Waals surface area contributed by atoms with E-state index in [1.54, 1.807) is 0 Å². The Morgan fingerprint density at radius 3 is 2.62 bits per heavy atom. The number of pyridine rings is 1. The second kappa shape index (κ2) is 9.78. The number of hydrogen-bond acceptors (Lipinski definition) is 3. The molecule has 3 nitrogen and oxygen atoms in total. The average Bonchev–Trinajstić information content (AvgIpc) is 2.48. The van der Waals surface area contributed by atoms with Crippen molar-refractivity contribution >= 4 is 5.69 Å². The summed E-state index contributed by atoms with van der Waals surface area (Å²) >= 11 is 0. The highest BCUT2D eigenvalue weighted by Gasteiger charge is 2.15. The highest BCUT2D eigenvalue weighted by atomic mass is 15.2. The molecule has 21 heavy (non-hydrogen) atoms. The second-order valence-corrected chi connectivity index (χ2v) is 6.33. The molecule has 0 radical (unpaired) electrons. The molecule has 1 aromatic heterocycles. The SMILES string of the molecule is CCCCN(c1ccncc1CNCC(C)C)C(C)CC. The van der Waals surface area contributed by atoms with Crippen LogP contribution in [0.5, 0.6) is 0 Å². The van der Waals surface area contributed by atoms with Crippen molar-refractivity contribution in [3.8, 4) is 0 Å². The van der Waals surface area contributed by atoms with Gasteiger partial charge in [0, 0.05) is 42.8 Å². The standard InChI is InChI=1S/C18H33N3/c1-6-8-11-21(16(5)7-2)18-9-10-19-13-17(18)14-20-12-15(3)4/h9-10,13,15-16,20H,6-8,11-12,14H2,1-5H3. The minimum atomic E-state index is 0.572. The van der Waals surface area contributed by atoms with Crippen LogP contribution in [0.4, 0.5) is 5.69 Å². The molecule has 1 N–H and O–H groups in total. The molecule has 1 heterocycles. The van der Waals surface area contributed by atoms with Gasteiger partial charge in [0.2, 0.25) is 0 Å². The van der Waals surface area contributed by atoms with E-state index in [-0.39, 0.29) is 0 Å². The molecule has 0 aliphatic heterocycles. The quantitative estimate of drug-likeness (QED) is 0.699. The summed E-state index contributed by atoms with van der Waals surface area (Å²) in [5, 5.41) is 3.54. The van der Waals surface area contributed by atoms with Crippen LogP contribution >= 0.6 is 0 Å². The zero-order valence-electron chi connectivity index (χ0n) is 14.5. The van der Waals surface area contributed by atoms with Gasteiger partial charge in [0.05, 0.1) is 0 Å². The normalized spacial score (nSPS) is 12.7. The summed E-state index contributed by atoms with van der Waals surface area (Å²) in [6.07, 6.45) is 7.59. The van der Waals surface area contributed by atoms with Crippen molar-refractivity contribution in [3.05, 3.63) is 24.0 Å². The Morgan fingerprint density at radius 2 is 2.00 bits per heavy atom. The Kier molecular flexibility index (Phi) is 8.36. The predicted molar refractivity (Wildman–Crippen MR) is 92.8 cm³/mol. The predicted octanol–water partition coefficient (Wildman–Crippen LogP) is 4.23. The molecular formula is C18H33N3. The maximum absolute atomic E-state index is 4.32. The zero-order valence-corrected chi connectivity index (χ0v) is 14.5. The van der Waals surface area contributed by atoms with E-state index >= 15 is 0 Å². The number of rotatable bonds is 10. The lowest BCUT2D eigenvalue weighted by atomic mass is 10.1. The fourth-order valence-corrected chi connectivity index (χ4v) is 2.46. The van der Waals surface area contributed by atoms with E-state index in [1.807, 2.05) is 12.4 Å². The first-order chi connectivity index (χ1) is 10.1. The van der Waals surface area contributed by atoms with Gasteiger partial charge < -0.3 is 10.2 Å². The summed E-state index contributed by atoms with van der Waals surface area (Å²) in [5.74, 6) is 0.677. The maximum Gasteiger partial charge on any atom is 0.0445 e. The molecular weight excluding hydrogens is 258 g/mol. The topological polar surface area (TPSA) is 28.2 Å². The van der Waals surface area contributed by atoms with Crippen LogP contribution in [0.1, 0.15) is 59.4 Å². The van der Waals surface area contributed by atoms with Gasteiger partial charge in [-0.3, -0.25) is 4.98 Å². The molecule has 120 valence electrons. The molecule has 0 aromatic carbocycles. The summed E-state index contributed by atoms with van der Waals surface area (Å²) in [5.41, 5.74) is 2.67. The fourth-order valence-electron chi connectivity index (χ4n) is 2.46. The fraction of sp³-hybridized carbons (Fsp3) is 0.722. The van der Waals surface area contributed by atoms with E-state index in [0.29, 0.717) is 12.0 Å². The Balaban J connectivity index is 2.85. The first-order valence-electron chi connectivity index (χ1n) is 8.50. The van der Waals surface area contributed by atoms with Crippen molar-refractivity contribution in [2.45, 2.75) is 66.5 Å². The van der Waals surface area contributed by atoms with Gasteiger partial charge in [-0.15, -0.1) is 0 Å². The maximum atomic E-state index is 4.32. The van der Waals surface area contributed by atoms with Crippen molar-refractivity contribution in [3.63, 3.8) is 0 Å². The number of nitrogens with zero attached hydrogens (tertiary/aromatic N) is 2. The Hall–Kier alpha value is -1.09. The lowest BCUT2D eigenvalue weighted by Crippen LogP contribution is -2.35. The second-order valence-electron chi connectivity index (χ2n) is 6.33. The molecule has 1 atom stereocenters.